The SMILES string of the molecule is COCCCNC(=O)C1CCN(CCCCCn2nnc(-c3ccccc3)n2)CC1. The molecule has 1 aromatic heterocycles. The van der Waals surface area contributed by atoms with Gasteiger partial charge in [-0.1, -0.05) is 36.8 Å². The number of tetrazole rings is 1. The normalized spacial score (nSPS) is 15.4. The minimum atomic E-state index is 0.168. The molecule has 0 radical (unpaired) electrons. The number of aryl methyl sites for hydroxylation is 1. The minimum Gasteiger partial charge on any atom is -0.385 e. The maximum atomic E-state index is 12.2. The molecule has 8 heteroatoms. The van der Waals surface area contributed by atoms with Crippen molar-refractivity contribution in [2.75, 3.05) is 39.9 Å². The van der Waals surface area contributed by atoms with Gasteiger partial charge in [-0.3, -0.25) is 4.79 Å². The van der Waals surface area contributed by atoms with Crippen LogP contribution in [0.15, 0.2) is 30.3 Å². The molecule has 1 fully saturated rings. The van der Waals surface area contributed by atoms with Gasteiger partial charge in [-0.25, -0.2) is 0 Å². The quantitative estimate of drug-likeness (QED) is 0.537. The summed E-state index contributed by atoms with van der Waals surface area (Å²) in [5.41, 5.74) is 0.996. The number of unbranched alkanes of at least 4 members (excludes halogenated alkanes) is 2. The molecule has 2 heterocycles. The Kier molecular flexibility index (Phi) is 9.24. The number of piperidine rings is 1. The van der Waals surface area contributed by atoms with Gasteiger partial charge in [0.05, 0.1) is 6.54 Å². The van der Waals surface area contributed by atoms with Crippen LogP contribution in [-0.2, 0) is 16.1 Å². The number of carbonyl (C=O) groups is 1. The first-order chi connectivity index (χ1) is 14.8. The molecule has 164 valence electrons. The Labute approximate surface area is 179 Å². The van der Waals surface area contributed by atoms with E-state index in [0.29, 0.717) is 19.0 Å². The fourth-order valence-electron chi connectivity index (χ4n) is 3.80. The summed E-state index contributed by atoms with van der Waals surface area (Å²) in [6.07, 6.45) is 6.14. The van der Waals surface area contributed by atoms with Crippen LogP contribution >= 0.6 is 0 Å². The lowest BCUT2D eigenvalue weighted by Gasteiger charge is -2.31. The van der Waals surface area contributed by atoms with E-state index < -0.39 is 0 Å². The van der Waals surface area contributed by atoms with Crippen LogP contribution in [0.5, 0.6) is 0 Å². The number of hydrogen-bond acceptors (Lipinski definition) is 6. The summed E-state index contributed by atoms with van der Waals surface area (Å²) < 4.78 is 5.01. The Bertz CT molecular complexity index is 743. The predicted molar refractivity (Wildman–Crippen MR) is 116 cm³/mol. The maximum Gasteiger partial charge on any atom is 0.223 e. The van der Waals surface area contributed by atoms with Gasteiger partial charge in [0.15, 0.2) is 0 Å². The van der Waals surface area contributed by atoms with E-state index in [4.69, 9.17) is 4.74 Å². The van der Waals surface area contributed by atoms with Gasteiger partial charge in [0.25, 0.3) is 0 Å². The third-order valence-corrected chi connectivity index (χ3v) is 5.60. The van der Waals surface area contributed by atoms with Crippen molar-refractivity contribution in [3.8, 4) is 11.4 Å². The highest BCUT2D eigenvalue weighted by atomic mass is 16.5. The smallest absolute Gasteiger partial charge is 0.223 e. The summed E-state index contributed by atoms with van der Waals surface area (Å²) in [6, 6.07) is 9.93. The summed E-state index contributed by atoms with van der Waals surface area (Å²) in [5.74, 6) is 1.06. The van der Waals surface area contributed by atoms with Crippen molar-refractivity contribution in [2.45, 2.75) is 45.1 Å². The van der Waals surface area contributed by atoms with Gasteiger partial charge in [0.2, 0.25) is 11.7 Å². The molecule has 0 bridgehead atoms. The molecule has 1 aromatic carbocycles. The molecule has 1 saturated heterocycles. The average molecular weight is 415 g/mol. The van der Waals surface area contributed by atoms with E-state index in [0.717, 1.165) is 70.3 Å². The first-order valence-electron chi connectivity index (χ1n) is 11.1. The van der Waals surface area contributed by atoms with Crippen molar-refractivity contribution >= 4 is 5.91 Å². The monoisotopic (exact) mass is 414 g/mol. The molecule has 0 spiro atoms. The highest BCUT2D eigenvalue weighted by Crippen LogP contribution is 2.18. The van der Waals surface area contributed by atoms with Gasteiger partial charge in [-0.2, -0.15) is 4.80 Å². The highest BCUT2D eigenvalue weighted by Gasteiger charge is 2.24. The topological polar surface area (TPSA) is 85.2 Å². The number of ether oxygens (including phenoxy) is 1. The number of carbonyl (C=O) groups excluding carboxylic acids is 1. The molecule has 3 rings (SSSR count). The lowest BCUT2D eigenvalue weighted by atomic mass is 9.95. The van der Waals surface area contributed by atoms with Crippen LogP contribution in [0.4, 0.5) is 0 Å². The lowest BCUT2D eigenvalue weighted by Crippen LogP contribution is -2.41. The van der Waals surface area contributed by atoms with Crippen LogP contribution in [0.3, 0.4) is 0 Å². The molecule has 0 aliphatic carbocycles. The molecule has 8 nitrogen and oxygen atoms in total. The van der Waals surface area contributed by atoms with Crippen LogP contribution in [0.2, 0.25) is 0 Å². The molecule has 1 aliphatic heterocycles. The Balaban J connectivity index is 1.25. The van der Waals surface area contributed by atoms with Gasteiger partial charge in [-0.05, 0) is 57.0 Å². The van der Waals surface area contributed by atoms with E-state index in [1.54, 1.807) is 11.9 Å². The van der Waals surface area contributed by atoms with Crippen molar-refractivity contribution < 1.29 is 9.53 Å². The molecular weight excluding hydrogens is 380 g/mol. The second kappa shape index (κ2) is 12.4. The third kappa shape index (κ3) is 7.18. The van der Waals surface area contributed by atoms with Gasteiger partial charge in [-0.15, -0.1) is 10.2 Å². The standard InChI is InChI=1S/C22H34N6O2/c1-30-18-8-13-23-22(29)20-11-16-27(17-12-20)14-6-3-7-15-28-25-21(24-26-28)19-9-4-2-5-10-19/h2,4-5,9-10,20H,3,6-8,11-18H2,1H3,(H,23,29). The van der Waals surface area contributed by atoms with Gasteiger partial charge in [0, 0.05) is 31.7 Å². The highest BCUT2D eigenvalue weighted by molar-refractivity contribution is 5.78. The number of hydrogen-bond donors (Lipinski definition) is 1. The number of benzene rings is 1. The minimum absolute atomic E-state index is 0.168. The maximum absolute atomic E-state index is 12.2. The summed E-state index contributed by atoms with van der Waals surface area (Å²) in [6.45, 7) is 5.33. The van der Waals surface area contributed by atoms with Crippen molar-refractivity contribution in [3.05, 3.63) is 30.3 Å². The van der Waals surface area contributed by atoms with Crippen LogP contribution in [-0.4, -0.2) is 70.9 Å². The zero-order chi connectivity index (χ0) is 21.0. The molecule has 0 unspecified atom stereocenters. The second-order valence-corrected chi connectivity index (χ2v) is 7.89. The van der Waals surface area contributed by atoms with E-state index in [1.165, 1.54) is 0 Å². The molecular formula is C22H34N6O2. The van der Waals surface area contributed by atoms with Crippen LogP contribution in [0, 0.1) is 5.92 Å². The fraction of sp³-hybridized carbons (Fsp3) is 0.636. The molecule has 1 N–H and O–H groups in total. The van der Waals surface area contributed by atoms with E-state index in [-0.39, 0.29) is 11.8 Å². The zero-order valence-corrected chi connectivity index (χ0v) is 18.0. The van der Waals surface area contributed by atoms with Gasteiger partial charge >= 0.3 is 0 Å². The van der Waals surface area contributed by atoms with E-state index >= 15 is 0 Å². The Morgan fingerprint density at radius 1 is 1.10 bits per heavy atom. The van der Waals surface area contributed by atoms with E-state index in [1.807, 2.05) is 30.3 Å². The third-order valence-electron chi connectivity index (χ3n) is 5.60. The van der Waals surface area contributed by atoms with E-state index in [9.17, 15) is 4.79 Å². The van der Waals surface area contributed by atoms with Gasteiger partial charge < -0.3 is 15.0 Å². The first kappa shape index (κ1) is 22.4. The van der Waals surface area contributed by atoms with Crippen molar-refractivity contribution in [2.24, 2.45) is 5.92 Å². The van der Waals surface area contributed by atoms with Crippen LogP contribution < -0.4 is 5.32 Å². The van der Waals surface area contributed by atoms with E-state index in [2.05, 4.69) is 25.6 Å². The fourth-order valence-corrected chi connectivity index (χ4v) is 3.80. The van der Waals surface area contributed by atoms with Crippen LogP contribution in [0.25, 0.3) is 11.4 Å². The Morgan fingerprint density at radius 2 is 1.87 bits per heavy atom. The number of rotatable bonds is 12. The lowest BCUT2D eigenvalue weighted by molar-refractivity contribution is -0.126. The number of amides is 1. The summed E-state index contributed by atoms with van der Waals surface area (Å²) in [7, 11) is 1.69. The Morgan fingerprint density at radius 3 is 2.63 bits per heavy atom. The molecule has 0 atom stereocenters. The molecule has 1 amide bonds. The molecule has 30 heavy (non-hydrogen) atoms. The second-order valence-electron chi connectivity index (χ2n) is 7.89. The first-order valence-corrected chi connectivity index (χ1v) is 11.1. The number of likely N-dealkylation sites (tertiary alicyclic amines) is 1. The average Bonchev–Trinajstić information content (AvgIpc) is 3.26. The van der Waals surface area contributed by atoms with Crippen molar-refractivity contribution in [1.29, 1.82) is 0 Å². The molecule has 1 aliphatic rings. The number of aromatic nitrogens is 4. The molecule has 0 saturated carbocycles. The van der Waals surface area contributed by atoms with Crippen molar-refractivity contribution in [1.82, 2.24) is 30.4 Å². The Hall–Kier alpha value is -2.32. The van der Waals surface area contributed by atoms with Crippen molar-refractivity contribution in [3.63, 3.8) is 0 Å². The number of nitrogens with zero attached hydrogens (tertiary/aromatic N) is 5. The largest absolute Gasteiger partial charge is 0.385 e. The predicted octanol–water partition coefficient (Wildman–Crippen LogP) is 2.38. The van der Waals surface area contributed by atoms with Gasteiger partial charge in [0.1, 0.15) is 0 Å². The number of nitrogens with one attached hydrogen (secondary N) is 1. The molecule has 2 aromatic rings. The van der Waals surface area contributed by atoms with Crippen LogP contribution in [0.1, 0.15) is 38.5 Å². The summed E-state index contributed by atoms with van der Waals surface area (Å²) in [5, 5.41) is 15.8. The zero-order valence-electron chi connectivity index (χ0n) is 18.0. The summed E-state index contributed by atoms with van der Waals surface area (Å²) >= 11 is 0. The summed E-state index contributed by atoms with van der Waals surface area (Å²) in [4.78, 5) is 16.4. The number of methoxy groups -OCH3 is 1.